The first-order valence-electron chi connectivity index (χ1n) is 5.44. The van der Waals surface area contributed by atoms with Gasteiger partial charge in [-0.25, -0.2) is 0 Å². The molecular formula is C10H16N4O4. The Kier molecular flexibility index (Phi) is 4.02. The van der Waals surface area contributed by atoms with E-state index >= 15 is 0 Å². The summed E-state index contributed by atoms with van der Waals surface area (Å²) >= 11 is 0. The summed E-state index contributed by atoms with van der Waals surface area (Å²) in [6, 6.07) is 0. The Labute approximate surface area is 104 Å². The van der Waals surface area contributed by atoms with Crippen LogP contribution >= 0.6 is 0 Å². The molecule has 1 unspecified atom stereocenters. The van der Waals surface area contributed by atoms with Gasteiger partial charge in [0.1, 0.15) is 6.20 Å². The number of amides is 1. The Morgan fingerprint density at radius 2 is 2.33 bits per heavy atom. The molecule has 18 heavy (non-hydrogen) atoms. The van der Waals surface area contributed by atoms with E-state index in [2.05, 4.69) is 15.5 Å². The van der Waals surface area contributed by atoms with Gasteiger partial charge in [0.05, 0.1) is 10.5 Å². The number of aliphatic hydroxyl groups is 1. The molecule has 1 aromatic rings. The van der Waals surface area contributed by atoms with Crippen LogP contribution in [0, 0.1) is 16.0 Å². The maximum absolute atomic E-state index is 11.7. The summed E-state index contributed by atoms with van der Waals surface area (Å²) in [6.45, 7) is 5.20. The third-order valence-corrected chi connectivity index (χ3v) is 2.89. The van der Waals surface area contributed by atoms with Crippen LogP contribution in [0.25, 0.3) is 0 Å². The normalized spacial score (nSPS) is 14.3. The van der Waals surface area contributed by atoms with Crippen LogP contribution in [0.15, 0.2) is 6.20 Å². The maximum atomic E-state index is 11.7. The van der Waals surface area contributed by atoms with Gasteiger partial charge in [-0.1, -0.05) is 13.8 Å². The molecule has 1 amide bonds. The van der Waals surface area contributed by atoms with Crippen molar-refractivity contribution >= 4 is 11.6 Å². The average Bonchev–Trinajstić information content (AvgIpc) is 2.74. The van der Waals surface area contributed by atoms with Crippen molar-refractivity contribution in [1.29, 1.82) is 0 Å². The minimum Gasteiger partial charge on any atom is -0.388 e. The fourth-order valence-corrected chi connectivity index (χ4v) is 1.14. The minimum absolute atomic E-state index is 0.000323. The number of carbonyl (C=O) groups is 1. The Hall–Kier alpha value is -1.96. The number of carbonyl (C=O) groups excluding carboxylic acids is 1. The van der Waals surface area contributed by atoms with Crippen LogP contribution in [-0.2, 0) is 0 Å². The van der Waals surface area contributed by atoms with Crippen LogP contribution in [0.2, 0.25) is 0 Å². The first-order valence-corrected chi connectivity index (χ1v) is 5.44. The lowest BCUT2D eigenvalue weighted by molar-refractivity contribution is -0.385. The van der Waals surface area contributed by atoms with Crippen molar-refractivity contribution in [2.75, 3.05) is 6.54 Å². The van der Waals surface area contributed by atoms with E-state index in [-0.39, 0.29) is 18.2 Å². The molecule has 1 heterocycles. The molecule has 1 atom stereocenters. The van der Waals surface area contributed by atoms with E-state index in [9.17, 15) is 20.0 Å². The molecule has 1 aromatic heterocycles. The highest BCUT2D eigenvalue weighted by atomic mass is 16.6. The van der Waals surface area contributed by atoms with Crippen molar-refractivity contribution in [3.63, 3.8) is 0 Å². The zero-order valence-corrected chi connectivity index (χ0v) is 10.4. The summed E-state index contributed by atoms with van der Waals surface area (Å²) in [5, 5.41) is 28.7. The topological polar surface area (TPSA) is 121 Å². The molecule has 0 aromatic carbocycles. The van der Waals surface area contributed by atoms with Gasteiger partial charge in [-0.2, -0.15) is 5.10 Å². The number of nitrogens with one attached hydrogen (secondary N) is 2. The van der Waals surface area contributed by atoms with Crippen LogP contribution in [0.4, 0.5) is 5.69 Å². The van der Waals surface area contributed by atoms with Gasteiger partial charge in [-0.15, -0.1) is 0 Å². The van der Waals surface area contributed by atoms with E-state index in [1.165, 1.54) is 0 Å². The first kappa shape index (κ1) is 14.1. The molecule has 0 aliphatic carbocycles. The van der Waals surface area contributed by atoms with Crippen LogP contribution in [0.5, 0.6) is 0 Å². The molecule has 0 bridgehead atoms. The summed E-state index contributed by atoms with van der Waals surface area (Å²) < 4.78 is 0. The van der Waals surface area contributed by atoms with Crippen molar-refractivity contribution < 1.29 is 14.8 Å². The number of H-pyrrole nitrogens is 1. The van der Waals surface area contributed by atoms with Gasteiger partial charge in [-0.3, -0.25) is 20.0 Å². The van der Waals surface area contributed by atoms with Gasteiger partial charge < -0.3 is 10.4 Å². The number of nitrogens with zero attached hydrogens (tertiary/aromatic N) is 2. The summed E-state index contributed by atoms with van der Waals surface area (Å²) in [4.78, 5) is 21.6. The fraction of sp³-hybridized carbons (Fsp3) is 0.600. The zero-order chi connectivity index (χ0) is 13.9. The first-order chi connectivity index (χ1) is 8.25. The fourth-order valence-electron chi connectivity index (χ4n) is 1.14. The highest BCUT2D eigenvalue weighted by Gasteiger charge is 2.28. The average molecular weight is 256 g/mol. The Balaban J connectivity index is 2.72. The lowest BCUT2D eigenvalue weighted by Crippen LogP contribution is -2.44. The SMILES string of the molecule is CC(C)C(C)(O)CNC(=O)c1[nH]ncc1[N+](=O)[O-]. The standard InChI is InChI=1S/C10H16N4O4/c1-6(2)10(3,16)5-11-9(15)8-7(14(17)18)4-12-13-8/h4,6,16H,5H2,1-3H3,(H,11,15)(H,12,13). The maximum Gasteiger partial charge on any atom is 0.319 e. The summed E-state index contributed by atoms with van der Waals surface area (Å²) in [7, 11) is 0. The molecule has 0 aliphatic heterocycles. The van der Waals surface area contributed by atoms with Crippen molar-refractivity contribution in [3.05, 3.63) is 22.0 Å². The van der Waals surface area contributed by atoms with E-state index in [0.717, 1.165) is 6.20 Å². The molecule has 0 fully saturated rings. The molecule has 0 radical (unpaired) electrons. The number of aromatic nitrogens is 2. The Morgan fingerprint density at radius 3 is 2.83 bits per heavy atom. The highest BCUT2D eigenvalue weighted by molar-refractivity contribution is 5.95. The summed E-state index contributed by atoms with van der Waals surface area (Å²) in [5.41, 5.74) is -1.69. The van der Waals surface area contributed by atoms with E-state index in [0.29, 0.717) is 0 Å². The smallest absolute Gasteiger partial charge is 0.319 e. The quantitative estimate of drug-likeness (QED) is 0.521. The predicted octanol–water partition coefficient (Wildman–Crippen LogP) is 0.455. The molecule has 0 saturated carbocycles. The molecule has 0 saturated heterocycles. The van der Waals surface area contributed by atoms with E-state index in [1.54, 1.807) is 6.92 Å². The third-order valence-electron chi connectivity index (χ3n) is 2.89. The van der Waals surface area contributed by atoms with E-state index in [4.69, 9.17) is 0 Å². The minimum atomic E-state index is -1.08. The molecule has 8 heteroatoms. The molecule has 1 rings (SSSR count). The second-order valence-corrected chi connectivity index (χ2v) is 4.58. The van der Waals surface area contributed by atoms with Gasteiger partial charge in [-0.05, 0) is 12.8 Å². The van der Waals surface area contributed by atoms with Gasteiger partial charge in [0.15, 0.2) is 0 Å². The largest absolute Gasteiger partial charge is 0.388 e. The molecule has 3 N–H and O–H groups in total. The van der Waals surface area contributed by atoms with Gasteiger partial charge >= 0.3 is 5.69 Å². The monoisotopic (exact) mass is 256 g/mol. The van der Waals surface area contributed by atoms with E-state index in [1.807, 2.05) is 13.8 Å². The van der Waals surface area contributed by atoms with Gasteiger partial charge in [0.25, 0.3) is 5.91 Å². The molecular weight excluding hydrogens is 240 g/mol. The predicted molar refractivity (Wildman–Crippen MR) is 63.0 cm³/mol. The number of hydrogen-bond donors (Lipinski definition) is 3. The van der Waals surface area contributed by atoms with Crippen LogP contribution in [-0.4, -0.2) is 38.3 Å². The molecule has 0 spiro atoms. The summed E-state index contributed by atoms with van der Waals surface area (Å²) in [5.74, 6) is -0.727. The van der Waals surface area contributed by atoms with Gasteiger partial charge in [0, 0.05) is 6.54 Å². The summed E-state index contributed by atoms with van der Waals surface area (Å²) in [6.07, 6.45) is 0.968. The Bertz CT molecular complexity index is 452. The van der Waals surface area contributed by atoms with Gasteiger partial charge in [0.2, 0.25) is 5.69 Å². The number of hydrogen-bond acceptors (Lipinski definition) is 5. The number of rotatable bonds is 5. The van der Waals surface area contributed by atoms with Crippen molar-refractivity contribution in [2.45, 2.75) is 26.4 Å². The zero-order valence-electron chi connectivity index (χ0n) is 10.4. The molecule has 8 nitrogen and oxygen atoms in total. The molecule has 0 aliphatic rings. The lowest BCUT2D eigenvalue weighted by atomic mass is 9.92. The second-order valence-electron chi connectivity index (χ2n) is 4.58. The van der Waals surface area contributed by atoms with Crippen molar-refractivity contribution in [1.82, 2.24) is 15.5 Å². The van der Waals surface area contributed by atoms with E-state index < -0.39 is 22.1 Å². The molecule has 100 valence electrons. The van der Waals surface area contributed by atoms with Crippen molar-refractivity contribution in [2.24, 2.45) is 5.92 Å². The van der Waals surface area contributed by atoms with Crippen LogP contribution in [0.3, 0.4) is 0 Å². The van der Waals surface area contributed by atoms with Crippen LogP contribution in [0.1, 0.15) is 31.3 Å². The highest BCUT2D eigenvalue weighted by Crippen LogP contribution is 2.16. The van der Waals surface area contributed by atoms with Crippen LogP contribution < -0.4 is 5.32 Å². The van der Waals surface area contributed by atoms with Crippen molar-refractivity contribution in [3.8, 4) is 0 Å². The lowest BCUT2D eigenvalue weighted by Gasteiger charge is -2.27. The second kappa shape index (κ2) is 5.13. The Morgan fingerprint density at radius 1 is 1.72 bits per heavy atom. The number of nitro groups is 1. The number of aromatic amines is 1. The third kappa shape index (κ3) is 3.04.